The predicted octanol–water partition coefficient (Wildman–Crippen LogP) is 2.21. The van der Waals surface area contributed by atoms with Crippen LogP contribution in [-0.4, -0.2) is 38.5 Å². The van der Waals surface area contributed by atoms with Crippen molar-refractivity contribution >= 4 is 0 Å². The van der Waals surface area contributed by atoms with Crippen LogP contribution in [0.25, 0.3) is 0 Å². The molecule has 0 heterocycles. The lowest BCUT2D eigenvalue weighted by Gasteiger charge is -2.27. The van der Waals surface area contributed by atoms with Gasteiger partial charge in [0.1, 0.15) is 0 Å². The molecule has 0 aromatic heterocycles. The summed E-state index contributed by atoms with van der Waals surface area (Å²) < 4.78 is 10.7. The average molecular weight is 217 g/mol. The SMILES string of the molecule is CCOCCCNC(C)CC(C)(C)OC. The van der Waals surface area contributed by atoms with Crippen LogP contribution >= 0.6 is 0 Å². The Morgan fingerprint density at radius 2 is 2.00 bits per heavy atom. The minimum atomic E-state index is -0.0354. The molecule has 0 rings (SSSR count). The summed E-state index contributed by atoms with van der Waals surface area (Å²) in [6, 6.07) is 0.488. The van der Waals surface area contributed by atoms with E-state index in [1.54, 1.807) is 7.11 Å². The summed E-state index contributed by atoms with van der Waals surface area (Å²) >= 11 is 0. The molecule has 0 aromatic carbocycles. The summed E-state index contributed by atoms with van der Waals surface area (Å²) in [5.74, 6) is 0. The summed E-state index contributed by atoms with van der Waals surface area (Å²) in [7, 11) is 1.77. The largest absolute Gasteiger partial charge is 0.382 e. The van der Waals surface area contributed by atoms with E-state index in [1.165, 1.54) is 0 Å². The summed E-state index contributed by atoms with van der Waals surface area (Å²) in [6.07, 6.45) is 2.10. The third kappa shape index (κ3) is 8.85. The van der Waals surface area contributed by atoms with E-state index in [0.29, 0.717) is 6.04 Å². The fraction of sp³-hybridized carbons (Fsp3) is 1.00. The zero-order valence-electron chi connectivity index (χ0n) is 10.9. The van der Waals surface area contributed by atoms with Crippen molar-refractivity contribution in [3.05, 3.63) is 0 Å². The van der Waals surface area contributed by atoms with Crippen LogP contribution in [0.15, 0.2) is 0 Å². The van der Waals surface area contributed by atoms with Crippen molar-refractivity contribution in [2.24, 2.45) is 0 Å². The smallest absolute Gasteiger partial charge is 0.0637 e. The van der Waals surface area contributed by atoms with Gasteiger partial charge < -0.3 is 14.8 Å². The van der Waals surface area contributed by atoms with Crippen molar-refractivity contribution in [1.82, 2.24) is 5.32 Å². The number of methoxy groups -OCH3 is 1. The number of nitrogens with one attached hydrogen (secondary N) is 1. The maximum atomic E-state index is 5.39. The first-order valence-corrected chi connectivity index (χ1v) is 5.88. The fourth-order valence-corrected chi connectivity index (χ4v) is 1.56. The number of ether oxygens (including phenoxy) is 2. The first kappa shape index (κ1) is 14.9. The van der Waals surface area contributed by atoms with Gasteiger partial charge in [0.05, 0.1) is 5.60 Å². The zero-order chi connectivity index (χ0) is 11.7. The maximum Gasteiger partial charge on any atom is 0.0637 e. The predicted molar refractivity (Wildman–Crippen MR) is 64.3 cm³/mol. The second-order valence-electron chi connectivity index (χ2n) is 4.57. The lowest BCUT2D eigenvalue weighted by molar-refractivity contribution is 0.00845. The molecule has 3 nitrogen and oxygen atoms in total. The van der Waals surface area contributed by atoms with Crippen molar-refractivity contribution in [3.63, 3.8) is 0 Å². The second kappa shape index (κ2) is 8.08. The molecule has 0 bridgehead atoms. The highest BCUT2D eigenvalue weighted by Crippen LogP contribution is 2.15. The van der Waals surface area contributed by atoms with E-state index in [0.717, 1.165) is 32.6 Å². The third-order valence-electron chi connectivity index (χ3n) is 2.51. The highest BCUT2D eigenvalue weighted by Gasteiger charge is 2.19. The molecule has 0 fully saturated rings. The van der Waals surface area contributed by atoms with Gasteiger partial charge in [-0.15, -0.1) is 0 Å². The molecule has 3 heteroatoms. The van der Waals surface area contributed by atoms with Gasteiger partial charge in [-0.05, 0) is 47.1 Å². The molecule has 0 spiro atoms. The molecule has 0 radical (unpaired) electrons. The van der Waals surface area contributed by atoms with Gasteiger partial charge in [-0.1, -0.05) is 0 Å². The van der Waals surface area contributed by atoms with E-state index in [4.69, 9.17) is 9.47 Å². The van der Waals surface area contributed by atoms with E-state index >= 15 is 0 Å². The van der Waals surface area contributed by atoms with Crippen LogP contribution in [0.2, 0.25) is 0 Å². The van der Waals surface area contributed by atoms with Gasteiger partial charge >= 0.3 is 0 Å². The molecule has 0 aromatic rings. The minimum Gasteiger partial charge on any atom is -0.382 e. The van der Waals surface area contributed by atoms with Gasteiger partial charge in [0.25, 0.3) is 0 Å². The van der Waals surface area contributed by atoms with Gasteiger partial charge in [0.2, 0.25) is 0 Å². The quantitative estimate of drug-likeness (QED) is 0.601. The van der Waals surface area contributed by atoms with E-state index in [1.807, 2.05) is 6.92 Å². The highest BCUT2D eigenvalue weighted by atomic mass is 16.5. The summed E-state index contributed by atoms with van der Waals surface area (Å²) in [5.41, 5.74) is -0.0354. The molecule has 92 valence electrons. The molecule has 0 amide bonds. The van der Waals surface area contributed by atoms with Crippen molar-refractivity contribution in [2.75, 3.05) is 26.9 Å². The number of rotatable bonds is 9. The molecule has 0 saturated carbocycles. The average Bonchev–Trinajstić information content (AvgIpc) is 2.17. The number of hydrogen-bond acceptors (Lipinski definition) is 3. The van der Waals surface area contributed by atoms with Gasteiger partial charge in [-0.3, -0.25) is 0 Å². The molecule has 0 saturated heterocycles. The summed E-state index contributed by atoms with van der Waals surface area (Å²) in [5, 5.41) is 3.47. The van der Waals surface area contributed by atoms with Crippen LogP contribution in [0.3, 0.4) is 0 Å². The Morgan fingerprint density at radius 1 is 1.33 bits per heavy atom. The molecular formula is C12H27NO2. The van der Waals surface area contributed by atoms with Crippen LogP contribution in [0.4, 0.5) is 0 Å². The first-order valence-electron chi connectivity index (χ1n) is 5.88. The minimum absolute atomic E-state index is 0.0354. The molecule has 15 heavy (non-hydrogen) atoms. The van der Waals surface area contributed by atoms with Crippen LogP contribution < -0.4 is 5.32 Å². The van der Waals surface area contributed by atoms with Gasteiger partial charge in [-0.2, -0.15) is 0 Å². The monoisotopic (exact) mass is 217 g/mol. The van der Waals surface area contributed by atoms with Crippen molar-refractivity contribution in [3.8, 4) is 0 Å². The molecule has 1 unspecified atom stereocenters. The lowest BCUT2D eigenvalue weighted by atomic mass is 10.00. The Kier molecular flexibility index (Phi) is 8.02. The lowest BCUT2D eigenvalue weighted by Crippen LogP contribution is -2.36. The van der Waals surface area contributed by atoms with E-state index in [2.05, 4.69) is 26.1 Å². The van der Waals surface area contributed by atoms with Crippen LogP contribution in [0.5, 0.6) is 0 Å². The molecule has 1 atom stereocenters. The Balaban J connectivity index is 3.45. The third-order valence-corrected chi connectivity index (χ3v) is 2.51. The standard InChI is InChI=1S/C12H27NO2/c1-6-15-9-7-8-13-11(2)10-12(3,4)14-5/h11,13H,6-10H2,1-5H3. The van der Waals surface area contributed by atoms with Gasteiger partial charge in [0, 0.05) is 26.4 Å². The topological polar surface area (TPSA) is 30.5 Å². The first-order chi connectivity index (χ1) is 7.02. The van der Waals surface area contributed by atoms with Crippen LogP contribution in [-0.2, 0) is 9.47 Å². The van der Waals surface area contributed by atoms with E-state index < -0.39 is 0 Å². The maximum absolute atomic E-state index is 5.39. The Hall–Kier alpha value is -0.120. The summed E-state index contributed by atoms with van der Waals surface area (Å²) in [6.45, 7) is 11.1. The van der Waals surface area contributed by atoms with Crippen molar-refractivity contribution in [1.29, 1.82) is 0 Å². The van der Waals surface area contributed by atoms with E-state index in [9.17, 15) is 0 Å². The van der Waals surface area contributed by atoms with Crippen molar-refractivity contribution in [2.45, 2.75) is 52.2 Å². The van der Waals surface area contributed by atoms with Crippen LogP contribution in [0.1, 0.15) is 40.5 Å². The molecule has 1 N–H and O–H groups in total. The van der Waals surface area contributed by atoms with Crippen molar-refractivity contribution < 1.29 is 9.47 Å². The molecule has 0 aliphatic carbocycles. The van der Waals surface area contributed by atoms with Gasteiger partial charge in [-0.25, -0.2) is 0 Å². The Morgan fingerprint density at radius 3 is 2.53 bits per heavy atom. The Bertz CT molecular complexity index is 149. The molecule has 0 aliphatic heterocycles. The number of hydrogen-bond donors (Lipinski definition) is 1. The van der Waals surface area contributed by atoms with Crippen LogP contribution in [0, 0.1) is 0 Å². The van der Waals surface area contributed by atoms with Gasteiger partial charge in [0.15, 0.2) is 0 Å². The normalized spacial score (nSPS) is 14.2. The fourth-order valence-electron chi connectivity index (χ4n) is 1.56. The van der Waals surface area contributed by atoms with E-state index in [-0.39, 0.29) is 5.60 Å². The second-order valence-corrected chi connectivity index (χ2v) is 4.57. The Labute approximate surface area is 94.5 Å². The summed E-state index contributed by atoms with van der Waals surface area (Å²) in [4.78, 5) is 0. The molecular weight excluding hydrogens is 190 g/mol. The highest BCUT2D eigenvalue weighted by molar-refractivity contribution is 4.75. The zero-order valence-corrected chi connectivity index (χ0v) is 10.9. The molecule has 0 aliphatic rings.